The van der Waals surface area contributed by atoms with E-state index in [0.29, 0.717) is 43.4 Å². The SMILES string of the molecule is CC(CNC(=O)c1ccc(N2CCN(C(=O)c3cccc(F)c3C(F)(F)F)CC2)nn1)C1CC1. The van der Waals surface area contributed by atoms with E-state index in [1.54, 1.807) is 12.1 Å². The summed E-state index contributed by atoms with van der Waals surface area (Å²) in [7, 11) is 0. The third kappa shape index (κ3) is 5.28. The maximum absolute atomic E-state index is 13.8. The van der Waals surface area contributed by atoms with E-state index < -0.39 is 29.0 Å². The molecule has 2 amide bonds. The fraction of sp³-hybridized carbons (Fsp3) is 0.478. The molecule has 1 aliphatic carbocycles. The molecule has 0 bridgehead atoms. The number of nitrogens with zero attached hydrogens (tertiary/aromatic N) is 4. The first-order valence-electron chi connectivity index (χ1n) is 11.2. The van der Waals surface area contributed by atoms with E-state index in [1.807, 2.05) is 4.90 Å². The molecule has 1 saturated heterocycles. The van der Waals surface area contributed by atoms with Gasteiger partial charge in [0.2, 0.25) is 0 Å². The molecular formula is C23H25F4N5O2. The Morgan fingerprint density at radius 1 is 1.09 bits per heavy atom. The zero-order valence-electron chi connectivity index (χ0n) is 18.6. The number of hydrogen-bond donors (Lipinski definition) is 1. The lowest BCUT2D eigenvalue weighted by Crippen LogP contribution is -2.49. The highest BCUT2D eigenvalue weighted by atomic mass is 19.4. The molecule has 2 aliphatic rings. The lowest BCUT2D eigenvalue weighted by Gasteiger charge is -2.35. The summed E-state index contributed by atoms with van der Waals surface area (Å²) in [5, 5.41) is 11.0. The number of halogens is 4. The summed E-state index contributed by atoms with van der Waals surface area (Å²) in [4.78, 5) is 28.1. The summed E-state index contributed by atoms with van der Waals surface area (Å²) in [6, 6.07) is 5.99. The van der Waals surface area contributed by atoms with Crippen LogP contribution < -0.4 is 10.2 Å². The second-order valence-corrected chi connectivity index (χ2v) is 8.74. The molecule has 11 heteroatoms. The van der Waals surface area contributed by atoms with E-state index in [2.05, 4.69) is 22.4 Å². The number of piperazine rings is 1. The predicted molar refractivity (Wildman–Crippen MR) is 116 cm³/mol. The maximum Gasteiger partial charge on any atom is 0.420 e. The van der Waals surface area contributed by atoms with E-state index in [4.69, 9.17) is 0 Å². The zero-order chi connectivity index (χ0) is 24.5. The molecule has 1 saturated carbocycles. The fourth-order valence-electron chi connectivity index (χ4n) is 4.09. The van der Waals surface area contributed by atoms with Gasteiger partial charge in [0.05, 0.1) is 5.56 Å². The van der Waals surface area contributed by atoms with Gasteiger partial charge >= 0.3 is 6.18 Å². The highest BCUT2D eigenvalue weighted by Gasteiger charge is 2.39. The number of carbonyl (C=O) groups is 2. The molecule has 2 aromatic rings. The van der Waals surface area contributed by atoms with Gasteiger partial charge in [-0.25, -0.2) is 4.39 Å². The smallest absolute Gasteiger partial charge is 0.352 e. The minimum Gasteiger partial charge on any atom is -0.352 e. The molecule has 7 nitrogen and oxygen atoms in total. The van der Waals surface area contributed by atoms with Gasteiger partial charge in [-0.1, -0.05) is 13.0 Å². The van der Waals surface area contributed by atoms with E-state index in [0.717, 1.165) is 12.1 Å². The Kier molecular flexibility index (Phi) is 6.72. The van der Waals surface area contributed by atoms with Crippen molar-refractivity contribution in [2.24, 2.45) is 11.8 Å². The standard InChI is InChI=1S/C23H25F4N5O2/c1-14(15-5-6-15)13-28-21(33)18-7-8-19(30-29-18)31-9-11-32(12-10-31)22(34)16-3-2-4-17(24)20(16)23(25,26)27/h2-4,7-8,14-15H,5-6,9-13H2,1H3,(H,28,33). The average molecular weight is 479 g/mol. The van der Waals surface area contributed by atoms with Crippen molar-refractivity contribution < 1.29 is 27.2 Å². The van der Waals surface area contributed by atoms with Gasteiger partial charge in [0, 0.05) is 32.7 Å². The third-order valence-electron chi connectivity index (χ3n) is 6.31. The Bertz CT molecular complexity index is 1050. The van der Waals surface area contributed by atoms with Crippen LogP contribution >= 0.6 is 0 Å². The summed E-state index contributed by atoms with van der Waals surface area (Å²) >= 11 is 0. The first-order valence-corrected chi connectivity index (χ1v) is 11.2. The third-order valence-corrected chi connectivity index (χ3v) is 6.31. The van der Waals surface area contributed by atoms with Gasteiger partial charge in [0.25, 0.3) is 11.8 Å². The Morgan fingerprint density at radius 2 is 1.79 bits per heavy atom. The van der Waals surface area contributed by atoms with Gasteiger partial charge in [-0.05, 0) is 48.9 Å². The van der Waals surface area contributed by atoms with Crippen LogP contribution in [0.4, 0.5) is 23.4 Å². The number of rotatable bonds is 6. The van der Waals surface area contributed by atoms with E-state index in [1.165, 1.54) is 17.7 Å². The molecule has 34 heavy (non-hydrogen) atoms. The van der Waals surface area contributed by atoms with Crippen LogP contribution in [0.3, 0.4) is 0 Å². The summed E-state index contributed by atoms with van der Waals surface area (Å²) < 4.78 is 53.6. The maximum atomic E-state index is 13.8. The van der Waals surface area contributed by atoms with Crippen molar-refractivity contribution in [1.82, 2.24) is 20.4 Å². The summed E-state index contributed by atoms with van der Waals surface area (Å²) in [6.45, 7) is 3.58. The molecule has 1 aliphatic heterocycles. The van der Waals surface area contributed by atoms with Crippen molar-refractivity contribution in [3.8, 4) is 0 Å². The second-order valence-electron chi connectivity index (χ2n) is 8.74. The minimum absolute atomic E-state index is 0.135. The Balaban J connectivity index is 1.34. The predicted octanol–water partition coefficient (Wildman–Crippen LogP) is 3.37. The number of carbonyl (C=O) groups excluding carboxylic acids is 2. The van der Waals surface area contributed by atoms with Gasteiger partial charge in [-0.3, -0.25) is 9.59 Å². The summed E-state index contributed by atoms with van der Waals surface area (Å²) in [5.74, 6) is -1.03. The normalized spacial score (nSPS) is 17.4. The lowest BCUT2D eigenvalue weighted by atomic mass is 10.0. The van der Waals surface area contributed by atoms with Crippen LogP contribution in [0.5, 0.6) is 0 Å². The van der Waals surface area contributed by atoms with Crippen LogP contribution in [-0.4, -0.2) is 59.6 Å². The van der Waals surface area contributed by atoms with Crippen molar-refractivity contribution in [2.75, 3.05) is 37.6 Å². The minimum atomic E-state index is -4.97. The molecule has 182 valence electrons. The van der Waals surface area contributed by atoms with Crippen molar-refractivity contribution in [3.05, 3.63) is 53.0 Å². The van der Waals surface area contributed by atoms with Gasteiger partial charge < -0.3 is 15.1 Å². The van der Waals surface area contributed by atoms with Crippen LogP contribution in [0.1, 0.15) is 46.2 Å². The number of anilines is 1. The van der Waals surface area contributed by atoms with Gasteiger partial charge in [0.1, 0.15) is 11.4 Å². The molecule has 0 radical (unpaired) electrons. The molecule has 1 atom stereocenters. The fourth-order valence-corrected chi connectivity index (χ4v) is 4.09. The van der Waals surface area contributed by atoms with Crippen molar-refractivity contribution in [3.63, 3.8) is 0 Å². The quantitative estimate of drug-likeness (QED) is 0.643. The van der Waals surface area contributed by atoms with E-state index in [-0.39, 0.29) is 24.7 Å². The molecule has 2 fully saturated rings. The molecule has 2 heterocycles. The lowest BCUT2D eigenvalue weighted by molar-refractivity contribution is -0.140. The highest BCUT2D eigenvalue weighted by Crippen LogP contribution is 2.36. The molecular weight excluding hydrogens is 454 g/mol. The molecule has 1 aromatic heterocycles. The number of benzene rings is 1. The second kappa shape index (κ2) is 9.55. The number of amides is 2. The molecule has 1 aromatic carbocycles. The van der Waals surface area contributed by atoms with Crippen molar-refractivity contribution in [2.45, 2.75) is 25.9 Å². The largest absolute Gasteiger partial charge is 0.420 e. The Hall–Kier alpha value is -3.24. The number of aromatic nitrogens is 2. The first kappa shape index (κ1) is 23.9. The Labute approximate surface area is 194 Å². The zero-order valence-corrected chi connectivity index (χ0v) is 18.6. The van der Waals surface area contributed by atoms with Crippen LogP contribution in [0, 0.1) is 17.7 Å². The van der Waals surface area contributed by atoms with Crippen LogP contribution in [0.15, 0.2) is 30.3 Å². The average Bonchev–Trinajstić information content (AvgIpc) is 3.67. The monoisotopic (exact) mass is 479 g/mol. The van der Waals surface area contributed by atoms with Crippen molar-refractivity contribution >= 4 is 17.6 Å². The topological polar surface area (TPSA) is 78.4 Å². The van der Waals surface area contributed by atoms with E-state index in [9.17, 15) is 27.2 Å². The first-order chi connectivity index (χ1) is 16.1. The molecule has 4 rings (SSSR count). The number of hydrogen-bond acceptors (Lipinski definition) is 5. The van der Waals surface area contributed by atoms with Crippen molar-refractivity contribution in [1.29, 1.82) is 0 Å². The highest BCUT2D eigenvalue weighted by molar-refractivity contribution is 5.96. The summed E-state index contributed by atoms with van der Waals surface area (Å²) in [6.07, 6.45) is -2.57. The molecule has 1 unspecified atom stereocenters. The van der Waals surface area contributed by atoms with Gasteiger partial charge in [-0.2, -0.15) is 13.2 Å². The van der Waals surface area contributed by atoms with Gasteiger partial charge in [0.15, 0.2) is 11.5 Å². The summed E-state index contributed by atoms with van der Waals surface area (Å²) in [5.41, 5.74) is -2.05. The Morgan fingerprint density at radius 3 is 2.38 bits per heavy atom. The van der Waals surface area contributed by atoms with E-state index >= 15 is 0 Å². The number of nitrogens with one attached hydrogen (secondary N) is 1. The number of alkyl halides is 3. The molecule has 1 N–H and O–H groups in total. The molecule has 0 spiro atoms. The van der Waals surface area contributed by atoms with Crippen LogP contribution in [0.2, 0.25) is 0 Å². The van der Waals surface area contributed by atoms with Gasteiger partial charge in [-0.15, -0.1) is 10.2 Å². The van der Waals surface area contributed by atoms with Crippen LogP contribution in [0.25, 0.3) is 0 Å². The van der Waals surface area contributed by atoms with Crippen LogP contribution in [-0.2, 0) is 6.18 Å².